The molecule has 0 radical (unpaired) electrons. The van der Waals surface area contributed by atoms with Gasteiger partial charge in [-0.25, -0.2) is 9.38 Å². The Hall–Kier alpha value is -0.850. The summed E-state index contributed by atoms with van der Waals surface area (Å²) in [5.41, 5.74) is 0.892. The van der Waals surface area contributed by atoms with Gasteiger partial charge in [-0.05, 0) is 37.5 Å². The summed E-state index contributed by atoms with van der Waals surface area (Å²) in [5.74, 6) is 0.625. The third-order valence-corrected chi connectivity index (χ3v) is 3.35. The molecule has 1 aliphatic rings. The van der Waals surface area contributed by atoms with Crippen molar-refractivity contribution in [3.05, 3.63) is 35.6 Å². The van der Waals surface area contributed by atoms with Crippen LogP contribution in [0.15, 0.2) is 29.3 Å². The van der Waals surface area contributed by atoms with Crippen LogP contribution in [0.2, 0.25) is 0 Å². The van der Waals surface area contributed by atoms with E-state index in [4.69, 9.17) is 0 Å². The van der Waals surface area contributed by atoms with E-state index in [1.807, 2.05) is 13.0 Å². The summed E-state index contributed by atoms with van der Waals surface area (Å²) in [6.07, 6.45) is 5.01. The lowest BCUT2D eigenvalue weighted by atomic mass is 10.2. The number of nitrogens with zero attached hydrogens (tertiary/aromatic N) is 1. The summed E-state index contributed by atoms with van der Waals surface area (Å²) in [5, 5.41) is 6.69. The molecule has 1 aromatic rings. The molecule has 1 aliphatic carbocycles. The number of halogens is 2. The Labute approximate surface area is 137 Å². The zero-order valence-corrected chi connectivity index (χ0v) is 14.2. The highest BCUT2D eigenvalue weighted by Crippen LogP contribution is 2.17. The van der Waals surface area contributed by atoms with Gasteiger partial charge in [-0.1, -0.05) is 25.0 Å². The van der Waals surface area contributed by atoms with Crippen LogP contribution in [0.25, 0.3) is 0 Å². The first-order valence-electron chi connectivity index (χ1n) is 7.07. The van der Waals surface area contributed by atoms with E-state index in [9.17, 15) is 4.39 Å². The van der Waals surface area contributed by atoms with E-state index >= 15 is 0 Å². The normalized spacial score (nSPS) is 15.8. The van der Waals surface area contributed by atoms with Crippen LogP contribution in [-0.4, -0.2) is 18.5 Å². The molecule has 1 aromatic carbocycles. The molecular weight excluding hydrogens is 368 g/mol. The van der Waals surface area contributed by atoms with Crippen LogP contribution in [0.5, 0.6) is 0 Å². The summed E-state index contributed by atoms with van der Waals surface area (Å²) in [7, 11) is 0. The predicted molar refractivity (Wildman–Crippen MR) is 92.0 cm³/mol. The fraction of sp³-hybridized carbons (Fsp3) is 0.533. The van der Waals surface area contributed by atoms with Gasteiger partial charge in [-0.3, -0.25) is 0 Å². The van der Waals surface area contributed by atoms with Gasteiger partial charge in [0.1, 0.15) is 5.82 Å². The summed E-state index contributed by atoms with van der Waals surface area (Å²) < 4.78 is 13.1. The first kappa shape index (κ1) is 17.2. The Kier molecular flexibility index (Phi) is 7.87. The number of benzene rings is 1. The molecular formula is C15H23FIN3. The zero-order valence-electron chi connectivity index (χ0n) is 11.9. The average molecular weight is 391 g/mol. The molecule has 2 N–H and O–H groups in total. The monoisotopic (exact) mass is 391 g/mol. The van der Waals surface area contributed by atoms with Gasteiger partial charge in [0.15, 0.2) is 5.96 Å². The summed E-state index contributed by atoms with van der Waals surface area (Å²) in [4.78, 5) is 4.52. The second-order valence-electron chi connectivity index (χ2n) is 4.95. The minimum atomic E-state index is -0.207. The Bertz CT molecular complexity index is 431. The van der Waals surface area contributed by atoms with Gasteiger partial charge < -0.3 is 10.6 Å². The summed E-state index contributed by atoms with van der Waals surface area (Å²) >= 11 is 0. The number of aliphatic imine (C=N–C) groups is 1. The van der Waals surface area contributed by atoms with Crippen molar-refractivity contribution in [2.75, 3.05) is 6.54 Å². The third kappa shape index (κ3) is 5.64. The lowest BCUT2D eigenvalue weighted by Gasteiger charge is -2.16. The molecule has 0 aliphatic heterocycles. The molecule has 112 valence electrons. The Morgan fingerprint density at radius 2 is 2.10 bits per heavy atom. The second kappa shape index (κ2) is 9.15. The number of nitrogens with one attached hydrogen (secondary N) is 2. The standard InChI is InChI=1S/C15H22FN3.HI/c1-2-17-15(19-14-8-3-4-9-14)18-11-12-6-5-7-13(16)10-12;/h5-7,10,14H,2-4,8-9,11H2,1H3,(H2,17,18,19);1H. The van der Waals surface area contributed by atoms with Gasteiger partial charge in [-0.2, -0.15) is 0 Å². The molecule has 0 unspecified atom stereocenters. The van der Waals surface area contributed by atoms with Gasteiger partial charge in [0, 0.05) is 12.6 Å². The topological polar surface area (TPSA) is 36.4 Å². The van der Waals surface area contributed by atoms with E-state index in [2.05, 4.69) is 15.6 Å². The Morgan fingerprint density at radius 3 is 2.75 bits per heavy atom. The third-order valence-electron chi connectivity index (χ3n) is 3.35. The van der Waals surface area contributed by atoms with Crippen LogP contribution in [0.1, 0.15) is 38.2 Å². The highest BCUT2D eigenvalue weighted by molar-refractivity contribution is 14.0. The number of rotatable bonds is 4. The van der Waals surface area contributed by atoms with Crippen LogP contribution < -0.4 is 10.6 Å². The maximum atomic E-state index is 13.1. The van der Waals surface area contributed by atoms with Gasteiger partial charge in [0.05, 0.1) is 6.54 Å². The Morgan fingerprint density at radius 1 is 1.35 bits per heavy atom. The van der Waals surface area contributed by atoms with E-state index in [-0.39, 0.29) is 29.8 Å². The molecule has 2 rings (SSSR count). The van der Waals surface area contributed by atoms with Crippen molar-refractivity contribution in [2.24, 2.45) is 4.99 Å². The lowest BCUT2D eigenvalue weighted by molar-refractivity contribution is 0.613. The molecule has 0 aromatic heterocycles. The van der Waals surface area contributed by atoms with Crippen molar-refractivity contribution >= 4 is 29.9 Å². The highest BCUT2D eigenvalue weighted by atomic mass is 127. The number of hydrogen-bond donors (Lipinski definition) is 2. The summed E-state index contributed by atoms with van der Waals surface area (Å²) in [6.45, 7) is 3.38. The minimum absolute atomic E-state index is 0. The van der Waals surface area contributed by atoms with E-state index in [0.29, 0.717) is 12.6 Å². The first-order valence-corrected chi connectivity index (χ1v) is 7.07. The molecule has 1 fully saturated rings. The molecule has 20 heavy (non-hydrogen) atoms. The molecule has 0 amide bonds. The fourth-order valence-corrected chi connectivity index (χ4v) is 2.39. The maximum absolute atomic E-state index is 13.1. The zero-order chi connectivity index (χ0) is 13.5. The minimum Gasteiger partial charge on any atom is -0.357 e. The fourth-order valence-electron chi connectivity index (χ4n) is 2.39. The molecule has 3 nitrogen and oxygen atoms in total. The van der Waals surface area contributed by atoms with E-state index in [1.165, 1.54) is 37.8 Å². The van der Waals surface area contributed by atoms with Crippen molar-refractivity contribution in [1.29, 1.82) is 0 Å². The first-order chi connectivity index (χ1) is 9.28. The van der Waals surface area contributed by atoms with Crippen LogP contribution in [0.4, 0.5) is 4.39 Å². The van der Waals surface area contributed by atoms with Crippen LogP contribution in [0.3, 0.4) is 0 Å². The molecule has 0 heterocycles. The number of guanidine groups is 1. The van der Waals surface area contributed by atoms with Crippen molar-refractivity contribution < 1.29 is 4.39 Å². The van der Waals surface area contributed by atoms with Crippen LogP contribution in [0, 0.1) is 5.82 Å². The van der Waals surface area contributed by atoms with Gasteiger partial charge >= 0.3 is 0 Å². The van der Waals surface area contributed by atoms with Crippen molar-refractivity contribution in [2.45, 2.75) is 45.2 Å². The quantitative estimate of drug-likeness (QED) is 0.469. The molecule has 1 saturated carbocycles. The largest absolute Gasteiger partial charge is 0.357 e. The van der Waals surface area contributed by atoms with Gasteiger partial charge in [0.2, 0.25) is 0 Å². The lowest BCUT2D eigenvalue weighted by Crippen LogP contribution is -2.42. The average Bonchev–Trinajstić information content (AvgIpc) is 2.89. The van der Waals surface area contributed by atoms with Gasteiger partial charge in [-0.15, -0.1) is 24.0 Å². The maximum Gasteiger partial charge on any atom is 0.191 e. The van der Waals surface area contributed by atoms with Crippen molar-refractivity contribution in [3.63, 3.8) is 0 Å². The van der Waals surface area contributed by atoms with E-state index < -0.39 is 0 Å². The van der Waals surface area contributed by atoms with Crippen LogP contribution >= 0.6 is 24.0 Å². The molecule has 5 heteroatoms. The molecule has 0 atom stereocenters. The molecule has 0 saturated heterocycles. The Balaban J connectivity index is 0.00000200. The SMILES string of the molecule is CCNC(=NCc1cccc(F)c1)NC1CCCC1.I. The molecule has 0 spiro atoms. The van der Waals surface area contributed by atoms with E-state index in [1.54, 1.807) is 6.07 Å². The van der Waals surface area contributed by atoms with Crippen LogP contribution in [-0.2, 0) is 6.54 Å². The number of hydrogen-bond acceptors (Lipinski definition) is 1. The highest BCUT2D eigenvalue weighted by Gasteiger charge is 2.15. The predicted octanol–water partition coefficient (Wildman–Crippen LogP) is 3.44. The van der Waals surface area contributed by atoms with Crippen molar-refractivity contribution in [3.8, 4) is 0 Å². The van der Waals surface area contributed by atoms with Crippen molar-refractivity contribution in [1.82, 2.24) is 10.6 Å². The second-order valence-corrected chi connectivity index (χ2v) is 4.95. The van der Waals surface area contributed by atoms with E-state index in [0.717, 1.165) is 18.1 Å². The summed E-state index contributed by atoms with van der Waals surface area (Å²) in [6, 6.07) is 7.13. The smallest absolute Gasteiger partial charge is 0.191 e. The molecule has 0 bridgehead atoms. The van der Waals surface area contributed by atoms with Gasteiger partial charge in [0.25, 0.3) is 0 Å².